The highest BCUT2D eigenvalue weighted by atomic mass is 32.2. The molecule has 1 aromatic heterocycles. The molecule has 0 saturated carbocycles. The van der Waals surface area contributed by atoms with Gasteiger partial charge in [0.1, 0.15) is 6.26 Å². The lowest BCUT2D eigenvalue weighted by atomic mass is 10.3. The largest absolute Gasteiger partial charge is 0.448 e. The normalized spacial score (nSPS) is 10.2. The molecule has 0 radical (unpaired) electrons. The fraction of sp³-hybridized carbons (Fsp3) is 0.167. The Hall–Kier alpha value is -1.75. The summed E-state index contributed by atoms with van der Waals surface area (Å²) in [6.45, 7) is 1.70. The van der Waals surface area contributed by atoms with Crippen molar-refractivity contribution in [3.63, 3.8) is 0 Å². The van der Waals surface area contributed by atoms with E-state index in [1.807, 2.05) is 30.5 Å². The van der Waals surface area contributed by atoms with E-state index in [1.165, 1.54) is 6.26 Å². The first-order valence-electron chi connectivity index (χ1n) is 5.06. The Bertz CT molecular complexity index is 537. The first kappa shape index (κ1) is 11.7. The number of aromatic nitrogens is 1. The molecule has 0 atom stereocenters. The van der Waals surface area contributed by atoms with Gasteiger partial charge in [-0.25, -0.2) is 4.98 Å². The number of thioether (sulfide) groups is 1. The Morgan fingerprint density at radius 2 is 2.29 bits per heavy atom. The third kappa shape index (κ3) is 2.88. The number of nitrogens with one attached hydrogen (secondary N) is 1. The van der Waals surface area contributed by atoms with Gasteiger partial charge in [0.25, 0.3) is 5.91 Å². The van der Waals surface area contributed by atoms with E-state index in [1.54, 1.807) is 18.7 Å². The molecular formula is C12H12N2O2S. The Labute approximate surface area is 103 Å². The number of nitrogens with zero attached hydrogens (tertiary/aromatic N) is 1. The van der Waals surface area contributed by atoms with Gasteiger partial charge in [0.15, 0.2) is 11.6 Å². The van der Waals surface area contributed by atoms with E-state index in [4.69, 9.17) is 4.42 Å². The van der Waals surface area contributed by atoms with Crippen LogP contribution in [0.4, 0.5) is 5.69 Å². The second-order valence-electron chi connectivity index (χ2n) is 3.44. The van der Waals surface area contributed by atoms with Gasteiger partial charge in [-0.3, -0.25) is 4.79 Å². The van der Waals surface area contributed by atoms with Gasteiger partial charge in [-0.1, -0.05) is 6.07 Å². The van der Waals surface area contributed by atoms with Crippen molar-refractivity contribution in [3.05, 3.63) is 42.1 Å². The average molecular weight is 248 g/mol. The molecule has 1 heterocycles. The van der Waals surface area contributed by atoms with Gasteiger partial charge in [-0.2, -0.15) is 0 Å². The van der Waals surface area contributed by atoms with Gasteiger partial charge in [-0.05, 0) is 24.5 Å². The maximum Gasteiger partial charge on any atom is 0.277 e. The molecule has 0 bridgehead atoms. The summed E-state index contributed by atoms with van der Waals surface area (Å²) in [4.78, 5) is 16.8. The monoisotopic (exact) mass is 248 g/mol. The van der Waals surface area contributed by atoms with E-state index in [2.05, 4.69) is 10.3 Å². The van der Waals surface area contributed by atoms with Crippen LogP contribution in [0.25, 0.3) is 0 Å². The number of carbonyl (C=O) groups excluding carboxylic acids is 1. The van der Waals surface area contributed by atoms with Crippen molar-refractivity contribution in [2.24, 2.45) is 0 Å². The highest BCUT2D eigenvalue weighted by molar-refractivity contribution is 7.98. The van der Waals surface area contributed by atoms with Crippen molar-refractivity contribution >= 4 is 23.4 Å². The minimum Gasteiger partial charge on any atom is -0.448 e. The number of hydrogen-bond donors (Lipinski definition) is 1. The molecule has 0 fully saturated rings. The summed E-state index contributed by atoms with van der Waals surface area (Å²) in [6.07, 6.45) is 3.34. The van der Waals surface area contributed by atoms with Crippen LogP contribution in [0.1, 0.15) is 16.4 Å². The van der Waals surface area contributed by atoms with Crippen LogP contribution in [0.15, 0.2) is 39.8 Å². The molecule has 1 aromatic carbocycles. The summed E-state index contributed by atoms with van der Waals surface area (Å²) in [5.74, 6) is 0.216. The first-order valence-corrected chi connectivity index (χ1v) is 6.29. The quantitative estimate of drug-likeness (QED) is 0.848. The molecule has 0 aliphatic carbocycles. The summed E-state index contributed by atoms with van der Waals surface area (Å²) in [5, 5.41) is 2.77. The van der Waals surface area contributed by atoms with Crippen molar-refractivity contribution in [3.8, 4) is 0 Å². The summed E-state index contributed by atoms with van der Waals surface area (Å²) in [6, 6.07) is 7.64. The van der Waals surface area contributed by atoms with Crippen LogP contribution >= 0.6 is 11.8 Å². The van der Waals surface area contributed by atoms with E-state index in [0.29, 0.717) is 5.89 Å². The van der Waals surface area contributed by atoms with E-state index >= 15 is 0 Å². The second-order valence-corrected chi connectivity index (χ2v) is 4.32. The fourth-order valence-electron chi connectivity index (χ4n) is 1.36. The molecule has 4 nitrogen and oxygen atoms in total. The molecule has 0 saturated heterocycles. The SMILES string of the molecule is CSc1cccc(NC(=O)c2coc(C)n2)c1. The van der Waals surface area contributed by atoms with Crippen LogP contribution in [0, 0.1) is 6.92 Å². The summed E-state index contributed by atoms with van der Waals surface area (Å²) in [5.41, 5.74) is 1.04. The standard InChI is InChI=1S/C12H12N2O2S/c1-8-13-11(7-16-8)12(15)14-9-4-3-5-10(6-9)17-2/h3-7H,1-2H3,(H,14,15). The number of oxazole rings is 1. The average Bonchev–Trinajstić information content (AvgIpc) is 2.76. The maximum atomic E-state index is 11.8. The van der Waals surface area contributed by atoms with E-state index < -0.39 is 0 Å². The minimum absolute atomic E-state index is 0.264. The number of aryl methyl sites for hydroxylation is 1. The molecular weight excluding hydrogens is 236 g/mol. The molecule has 0 aliphatic heterocycles. The van der Waals surface area contributed by atoms with E-state index in [-0.39, 0.29) is 11.6 Å². The van der Waals surface area contributed by atoms with Gasteiger partial charge < -0.3 is 9.73 Å². The fourth-order valence-corrected chi connectivity index (χ4v) is 1.82. The maximum absolute atomic E-state index is 11.8. The Morgan fingerprint density at radius 1 is 1.47 bits per heavy atom. The molecule has 1 amide bonds. The lowest BCUT2D eigenvalue weighted by Crippen LogP contribution is -2.12. The number of benzene rings is 1. The molecule has 5 heteroatoms. The molecule has 0 spiro atoms. The van der Waals surface area contributed by atoms with Gasteiger partial charge >= 0.3 is 0 Å². The lowest BCUT2D eigenvalue weighted by Gasteiger charge is -2.04. The Balaban J connectivity index is 2.12. The smallest absolute Gasteiger partial charge is 0.277 e. The van der Waals surface area contributed by atoms with Crippen molar-refractivity contribution in [1.29, 1.82) is 0 Å². The van der Waals surface area contributed by atoms with Gasteiger partial charge in [0.2, 0.25) is 0 Å². The number of hydrogen-bond acceptors (Lipinski definition) is 4. The number of amides is 1. The number of carbonyl (C=O) groups is 1. The number of anilines is 1. The van der Waals surface area contributed by atoms with Gasteiger partial charge in [0.05, 0.1) is 0 Å². The predicted octanol–water partition coefficient (Wildman–Crippen LogP) is 2.96. The molecule has 2 rings (SSSR count). The summed E-state index contributed by atoms with van der Waals surface area (Å²) < 4.78 is 4.99. The van der Waals surface area contributed by atoms with Crippen LogP contribution in [0.3, 0.4) is 0 Å². The van der Waals surface area contributed by atoms with Crippen LogP contribution in [0.5, 0.6) is 0 Å². The van der Waals surface area contributed by atoms with Crippen LogP contribution in [-0.2, 0) is 0 Å². The van der Waals surface area contributed by atoms with Crippen molar-refractivity contribution in [2.45, 2.75) is 11.8 Å². The van der Waals surface area contributed by atoms with Gasteiger partial charge in [-0.15, -0.1) is 11.8 Å². The minimum atomic E-state index is -0.264. The van der Waals surface area contributed by atoms with Crippen LogP contribution in [-0.4, -0.2) is 17.1 Å². The molecule has 0 aliphatic rings. The van der Waals surface area contributed by atoms with Crippen molar-refractivity contribution in [2.75, 3.05) is 11.6 Å². The molecule has 17 heavy (non-hydrogen) atoms. The zero-order valence-corrected chi connectivity index (χ0v) is 10.4. The predicted molar refractivity (Wildman–Crippen MR) is 67.4 cm³/mol. The highest BCUT2D eigenvalue weighted by Crippen LogP contribution is 2.19. The van der Waals surface area contributed by atoms with Crippen LogP contribution in [0.2, 0.25) is 0 Å². The molecule has 88 valence electrons. The molecule has 2 aromatic rings. The summed E-state index contributed by atoms with van der Waals surface area (Å²) in [7, 11) is 0. The second kappa shape index (κ2) is 5.05. The van der Waals surface area contributed by atoms with Crippen molar-refractivity contribution < 1.29 is 9.21 Å². The zero-order valence-electron chi connectivity index (χ0n) is 9.56. The van der Waals surface area contributed by atoms with Crippen molar-refractivity contribution in [1.82, 2.24) is 4.98 Å². The van der Waals surface area contributed by atoms with Gasteiger partial charge in [0, 0.05) is 17.5 Å². The third-order valence-corrected chi connectivity index (χ3v) is 2.90. The van der Waals surface area contributed by atoms with Crippen LogP contribution < -0.4 is 5.32 Å². The Kier molecular flexibility index (Phi) is 3.49. The highest BCUT2D eigenvalue weighted by Gasteiger charge is 2.10. The number of rotatable bonds is 3. The lowest BCUT2D eigenvalue weighted by molar-refractivity contribution is 0.102. The van der Waals surface area contributed by atoms with E-state index in [9.17, 15) is 4.79 Å². The topological polar surface area (TPSA) is 55.1 Å². The third-order valence-electron chi connectivity index (χ3n) is 2.18. The Morgan fingerprint density at radius 3 is 2.94 bits per heavy atom. The zero-order chi connectivity index (χ0) is 12.3. The molecule has 1 N–H and O–H groups in total. The molecule has 0 unspecified atom stereocenters. The van der Waals surface area contributed by atoms with E-state index in [0.717, 1.165) is 10.6 Å². The first-order chi connectivity index (χ1) is 8.19. The summed E-state index contributed by atoms with van der Waals surface area (Å²) >= 11 is 1.62.